The van der Waals surface area contributed by atoms with E-state index in [1.807, 2.05) is 45.9 Å². The number of carbonyl (C=O) groups excluding carboxylic acids is 3. The number of carbonyl (C=O) groups is 3. The lowest BCUT2D eigenvalue weighted by Gasteiger charge is -2.33. The predicted octanol–water partition coefficient (Wildman–Crippen LogP) is 4.21. The quantitative estimate of drug-likeness (QED) is 0.353. The summed E-state index contributed by atoms with van der Waals surface area (Å²) in [4.78, 5) is 43.7. The second-order valence-electron chi connectivity index (χ2n) is 11.8. The highest BCUT2D eigenvalue weighted by molar-refractivity contribution is 6.05. The largest absolute Gasteiger partial charge is 0.494 e. The van der Waals surface area contributed by atoms with E-state index in [0.29, 0.717) is 56.0 Å². The van der Waals surface area contributed by atoms with Gasteiger partial charge in [0.2, 0.25) is 17.7 Å². The average molecular weight is 564 g/mol. The zero-order valence-corrected chi connectivity index (χ0v) is 24.4. The fraction of sp³-hybridized carbons (Fsp3) is 0.531. The lowest BCUT2D eigenvalue weighted by atomic mass is 9.66. The van der Waals surface area contributed by atoms with Crippen molar-refractivity contribution in [2.24, 2.45) is 11.8 Å². The number of unbranched alkanes of at least 4 members (excludes halogenated alkanes) is 2. The highest BCUT2D eigenvalue weighted by atomic mass is 16.5. The molecule has 2 aromatic carbocycles. The van der Waals surface area contributed by atoms with E-state index in [9.17, 15) is 19.5 Å². The van der Waals surface area contributed by atoms with Crippen molar-refractivity contribution in [2.75, 3.05) is 30.4 Å². The van der Waals surface area contributed by atoms with Crippen LogP contribution in [0.3, 0.4) is 0 Å². The molecule has 3 fully saturated rings. The number of amides is 3. The Bertz CT molecular complexity index is 1310. The molecule has 1 spiro atoms. The fourth-order valence-corrected chi connectivity index (χ4v) is 7.03. The Morgan fingerprint density at radius 1 is 1.05 bits per heavy atom. The van der Waals surface area contributed by atoms with Crippen molar-refractivity contribution >= 4 is 29.1 Å². The Balaban J connectivity index is 1.45. The number of aliphatic hydroxyl groups is 1. The highest BCUT2D eigenvalue weighted by Gasteiger charge is 2.77. The van der Waals surface area contributed by atoms with Crippen molar-refractivity contribution in [1.29, 1.82) is 0 Å². The number of nitrogens with one attached hydrogen (secondary N) is 2. The van der Waals surface area contributed by atoms with Crippen LogP contribution in [0, 0.1) is 25.7 Å². The first-order chi connectivity index (χ1) is 19.6. The number of aliphatic hydroxyl groups excluding tert-OH is 1. The number of hydrogen-bond acceptors (Lipinski definition) is 6. The highest BCUT2D eigenvalue weighted by Crippen LogP contribution is 2.63. The molecular weight excluding hydrogens is 522 g/mol. The van der Waals surface area contributed by atoms with Crippen molar-refractivity contribution < 1.29 is 29.0 Å². The Hall–Kier alpha value is -3.43. The van der Waals surface area contributed by atoms with Crippen LogP contribution in [0.15, 0.2) is 42.5 Å². The van der Waals surface area contributed by atoms with Gasteiger partial charge in [-0.3, -0.25) is 14.4 Å². The third-order valence-corrected chi connectivity index (χ3v) is 8.95. The number of hydrogen-bond donors (Lipinski definition) is 3. The summed E-state index contributed by atoms with van der Waals surface area (Å²) < 4.78 is 12.2. The molecular formula is C32H41N3O6. The molecule has 0 saturated carbocycles. The maximum absolute atomic E-state index is 14.2. The second kappa shape index (κ2) is 11.4. The van der Waals surface area contributed by atoms with Gasteiger partial charge >= 0.3 is 0 Å². The number of nitrogens with zero attached hydrogens (tertiary/aromatic N) is 1. The first-order valence-electron chi connectivity index (χ1n) is 14.7. The van der Waals surface area contributed by atoms with E-state index in [-0.39, 0.29) is 24.3 Å². The lowest BCUT2D eigenvalue weighted by molar-refractivity contribution is -0.143. The van der Waals surface area contributed by atoms with Gasteiger partial charge in [0.05, 0.1) is 24.0 Å². The topological polar surface area (TPSA) is 117 Å². The van der Waals surface area contributed by atoms with Crippen molar-refractivity contribution in [3.8, 4) is 5.75 Å². The van der Waals surface area contributed by atoms with Gasteiger partial charge in [-0.15, -0.1) is 0 Å². The Morgan fingerprint density at radius 2 is 1.80 bits per heavy atom. The maximum Gasteiger partial charge on any atom is 0.250 e. The molecule has 9 heteroatoms. The van der Waals surface area contributed by atoms with Crippen LogP contribution in [-0.2, 0) is 19.1 Å². The molecule has 3 aliphatic heterocycles. The van der Waals surface area contributed by atoms with E-state index < -0.39 is 29.1 Å². The van der Waals surface area contributed by atoms with Crippen LogP contribution in [-0.4, -0.2) is 64.7 Å². The van der Waals surface area contributed by atoms with Crippen LogP contribution in [0.4, 0.5) is 11.4 Å². The molecule has 3 N–H and O–H groups in total. The van der Waals surface area contributed by atoms with E-state index in [1.54, 1.807) is 29.2 Å². The van der Waals surface area contributed by atoms with Crippen molar-refractivity contribution in [2.45, 2.75) is 77.0 Å². The summed E-state index contributed by atoms with van der Waals surface area (Å²) in [6, 6.07) is 12.1. The fourth-order valence-electron chi connectivity index (χ4n) is 7.03. The molecule has 5 rings (SSSR count). The summed E-state index contributed by atoms with van der Waals surface area (Å²) in [6.45, 7) is 8.67. The van der Waals surface area contributed by atoms with E-state index in [2.05, 4.69) is 10.6 Å². The molecule has 2 bridgehead atoms. The molecule has 5 atom stereocenters. The van der Waals surface area contributed by atoms with Gasteiger partial charge in [0.15, 0.2) is 0 Å². The molecule has 9 nitrogen and oxygen atoms in total. The van der Waals surface area contributed by atoms with Gasteiger partial charge in [-0.05, 0) is 101 Å². The number of benzene rings is 2. The summed E-state index contributed by atoms with van der Waals surface area (Å²) in [7, 11) is 0. The summed E-state index contributed by atoms with van der Waals surface area (Å²) in [6.07, 6.45) is 3.08. The van der Waals surface area contributed by atoms with Gasteiger partial charge < -0.3 is 30.1 Å². The van der Waals surface area contributed by atoms with Crippen molar-refractivity contribution in [3.05, 3.63) is 53.6 Å². The van der Waals surface area contributed by atoms with Crippen LogP contribution in [0.25, 0.3) is 0 Å². The molecule has 3 heterocycles. The third-order valence-electron chi connectivity index (χ3n) is 8.95. The molecule has 2 aromatic rings. The molecule has 0 aromatic heterocycles. The number of fused-ring (bicyclic) bond motifs is 1. The van der Waals surface area contributed by atoms with Gasteiger partial charge in [0.1, 0.15) is 17.4 Å². The zero-order valence-electron chi connectivity index (χ0n) is 24.4. The van der Waals surface area contributed by atoms with E-state index >= 15 is 0 Å². The number of aryl methyl sites for hydroxylation is 2. The second-order valence-corrected chi connectivity index (χ2v) is 11.8. The number of rotatable bonds is 11. The Labute approximate surface area is 241 Å². The normalized spacial score (nSPS) is 28.1. The maximum atomic E-state index is 14.2. The SMILES string of the molecule is CCOc1ccc(NC(=O)[C@@H]2[C@H]3C(=O)N(CCCCCO)C(C(=O)Nc4cc(C)ccc4C)C34CC[C@@]2(C)O4)cc1. The predicted molar refractivity (Wildman–Crippen MR) is 156 cm³/mol. The summed E-state index contributed by atoms with van der Waals surface area (Å²) in [5.74, 6) is -1.60. The first-order valence-corrected chi connectivity index (χ1v) is 14.7. The van der Waals surface area contributed by atoms with E-state index in [0.717, 1.165) is 17.5 Å². The van der Waals surface area contributed by atoms with Gasteiger partial charge in [-0.25, -0.2) is 0 Å². The lowest BCUT2D eigenvalue weighted by Crippen LogP contribution is -2.53. The molecule has 3 saturated heterocycles. The van der Waals surface area contributed by atoms with Crippen LogP contribution < -0.4 is 15.4 Å². The monoisotopic (exact) mass is 563 g/mol. The molecule has 3 amide bonds. The van der Waals surface area contributed by atoms with Crippen molar-refractivity contribution in [1.82, 2.24) is 4.90 Å². The smallest absolute Gasteiger partial charge is 0.250 e. The van der Waals surface area contributed by atoms with Crippen molar-refractivity contribution in [3.63, 3.8) is 0 Å². The van der Waals surface area contributed by atoms with Gasteiger partial charge in [-0.1, -0.05) is 12.1 Å². The Kier molecular flexibility index (Phi) is 8.12. The molecule has 3 aliphatic rings. The van der Waals surface area contributed by atoms with Gasteiger partial charge in [0.25, 0.3) is 0 Å². The van der Waals surface area contributed by atoms with E-state index in [1.165, 1.54) is 0 Å². The van der Waals surface area contributed by atoms with Crippen LogP contribution in [0.1, 0.15) is 57.1 Å². The standard InChI is InChI=1S/C32H41N3O6/c1-5-40-23-13-11-22(12-14-23)33-28(37)25-26-30(39)35(17-7-6-8-18-36)27(32(26)16-15-31(25,4)41-32)29(38)34-24-19-20(2)9-10-21(24)3/h9-14,19,25-27,36H,5-8,15-18H2,1-4H3,(H,33,37)(H,34,38)/t25-,26-,27?,31+,32?/m0/s1. The van der Waals surface area contributed by atoms with Crippen LogP contribution in [0.2, 0.25) is 0 Å². The number of likely N-dealkylation sites (tertiary alicyclic amines) is 1. The zero-order chi connectivity index (χ0) is 29.4. The molecule has 41 heavy (non-hydrogen) atoms. The van der Waals surface area contributed by atoms with Crippen LogP contribution in [0.5, 0.6) is 5.75 Å². The van der Waals surface area contributed by atoms with E-state index in [4.69, 9.17) is 9.47 Å². The molecule has 2 unspecified atom stereocenters. The summed E-state index contributed by atoms with van der Waals surface area (Å²) >= 11 is 0. The molecule has 220 valence electrons. The number of ether oxygens (including phenoxy) is 2. The average Bonchev–Trinajstić information content (AvgIpc) is 3.50. The minimum atomic E-state index is -1.09. The summed E-state index contributed by atoms with van der Waals surface area (Å²) in [5, 5.41) is 15.3. The van der Waals surface area contributed by atoms with Crippen LogP contribution >= 0.6 is 0 Å². The van der Waals surface area contributed by atoms with Gasteiger partial charge in [-0.2, -0.15) is 0 Å². The molecule has 0 aliphatic carbocycles. The Morgan fingerprint density at radius 3 is 2.51 bits per heavy atom. The minimum Gasteiger partial charge on any atom is -0.494 e. The van der Waals surface area contributed by atoms with Gasteiger partial charge in [0, 0.05) is 24.5 Å². The third kappa shape index (κ3) is 5.21. The number of anilines is 2. The summed E-state index contributed by atoms with van der Waals surface area (Å²) in [5.41, 5.74) is 1.29. The first kappa shape index (κ1) is 29.1. The minimum absolute atomic E-state index is 0.0757. The molecule has 0 radical (unpaired) electrons.